The maximum absolute atomic E-state index is 13.6. The number of H-pyrrole nitrogens is 1. The van der Waals surface area contributed by atoms with Gasteiger partial charge < -0.3 is 14.8 Å². The second-order valence-electron chi connectivity index (χ2n) is 9.91. The van der Waals surface area contributed by atoms with Gasteiger partial charge >= 0.3 is 12.4 Å². The third-order valence-electron chi connectivity index (χ3n) is 7.12. The van der Waals surface area contributed by atoms with E-state index in [1.807, 2.05) is 24.3 Å². The van der Waals surface area contributed by atoms with Crippen LogP contribution in [0.1, 0.15) is 32.6 Å². The van der Waals surface area contributed by atoms with Gasteiger partial charge in [-0.15, -0.1) is 0 Å². The molecular weight excluding hydrogens is 562 g/mol. The van der Waals surface area contributed by atoms with Crippen LogP contribution in [0.25, 0.3) is 17.0 Å². The van der Waals surface area contributed by atoms with Crippen LogP contribution in [0, 0.1) is 0 Å². The number of fused-ring (bicyclic) bond motifs is 1. The summed E-state index contributed by atoms with van der Waals surface area (Å²) in [5.74, 6) is -1.33. The molecule has 1 aliphatic rings. The highest BCUT2D eigenvalue weighted by Gasteiger charge is 2.39. The number of benzene rings is 2. The molecule has 0 saturated carbocycles. The summed E-state index contributed by atoms with van der Waals surface area (Å²) in [6.07, 6.45) is -2.13. The number of alkyl halides is 6. The SMILES string of the molecule is O=C(/C=C/c1cccnc1)N1CCN(C(=O)c2cc(C(F)(F)F)cc(C(F)(F)F)c2)C(Cc2c[nH]c3ccccc23)C1. The number of nitrogens with zero attached hydrogens (tertiary/aromatic N) is 3. The Hall–Kier alpha value is -4.61. The Morgan fingerprint density at radius 1 is 0.952 bits per heavy atom. The number of rotatable bonds is 5. The van der Waals surface area contributed by atoms with Gasteiger partial charge in [-0.25, -0.2) is 0 Å². The van der Waals surface area contributed by atoms with Crippen LogP contribution in [0.15, 0.2) is 79.3 Å². The minimum atomic E-state index is -5.09. The Kier molecular flexibility index (Phi) is 7.81. The first-order chi connectivity index (χ1) is 19.9. The first-order valence-corrected chi connectivity index (χ1v) is 12.9. The molecule has 6 nitrogen and oxygen atoms in total. The number of amides is 2. The number of piperazine rings is 1. The number of hydrogen-bond donors (Lipinski definition) is 1. The van der Waals surface area contributed by atoms with Crippen molar-refractivity contribution in [2.45, 2.75) is 24.8 Å². The number of nitrogens with one attached hydrogen (secondary N) is 1. The predicted molar refractivity (Wildman–Crippen MR) is 143 cm³/mol. The first-order valence-electron chi connectivity index (χ1n) is 12.9. The maximum atomic E-state index is 13.6. The van der Waals surface area contributed by atoms with Crippen molar-refractivity contribution in [3.8, 4) is 0 Å². The van der Waals surface area contributed by atoms with Crippen LogP contribution >= 0.6 is 0 Å². The highest BCUT2D eigenvalue weighted by Crippen LogP contribution is 2.37. The molecular formula is C30H24F6N4O2. The van der Waals surface area contributed by atoms with Gasteiger partial charge in [-0.3, -0.25) is 14.6 Å². The highest BCUT2D eigenvalue weighted by atomic mass is 19.4. The fraction of sp³-hybridized carbons (Fsp3) is 0.233. The first kappa shape index (κ1) is 28.9. The van der Waals surface area contributed by atoms with Gasteiger partial charge in [-0.2, -0.15) is 26.3 Å². The summed E-state index contributed by atoms with van der Waals surface area (Å²) in [5.41, 5.74) is -1.56. The van der Waals surface area contributed by atoms with Gasteiger partial charge in [0.2, 0.25) is 5.91 Å². The summed E-state index contributed by atoms with van der Waals surface area (Å²) in [7, 11) is 0. The van der Waals surface area contributed by atoms with E-state index in [2.05, 4.69) is 9.97 Å². The lowest BCUT2D eigenvalue weighted by Gasteiger charge is -2.41. The molecule has 4 aromatic rings. The molecule has 1 saturated heterocycles. The van der Waals surface area contributed by atoms with E-state index in [1.165, 1.54) is 15.9 Å². The molecule has 0 radical (unpaired) electrons. The Morgan fingerprint density at radius 3 is 2.33 bits per heavy atom. The molecule has 42 heavy (non-hydrogen) atoms. The van der Waals surface area contributed by atoms with Crippen LogP contribution in [0.4, 0.5) is 26.3 Å². The smallest absolute Gasteiger partial charge is 0.361 e. The second kappa shape index (κ2) is 11.3. The molecule has 2 aromatic carbocycles. The lowest BCUT2D eigenvalue weighted by molar-refractivity contribution is -0.143. The topological polar surface area (TPSA) is 69.3 Å². The number of carbonyl (C=O) groups excluding carboxylic acids is 2. The highest BCUT2D eigenvalue weighted by molar-refractivity contribution is 5.96. The van der Waals surface area contributed by atoms with Gasteiger partial charge in [0.1, 0.15) is 0 Å². The molecule has 0 spiro atoms. The van der Waals surface area contributed by atoms with Gasteiger partial charge in [0.05, 0.1) is 17.2 Å². The zero-order valence-corrected chi connectivity index (χ0v) is 21.9. The van der Waals surface area contributed by atoms with E-state index in [4.69, 9.17) is 0 Å². The largest absolute Gasteiger partial charge is 0.416 e. The molecule has 1 unspecified atom stereocenters. The van der Waals surface area contributed by atoms with Crippen molar-refractivity contribution in [2.75, 3.05) is 19.6 Å². The van der Waals surface area contributed by atoms with Crippen molar-refractivity contribution in [2.24, 2.45) is 0 Å². The molecule has 1 N–H and O–H groups in total. The van der Waals surface area contributed by atoms with Crippen molar-refractivity contribution in [1.82, 2.24) is 19.8 Å². The summed E-state index contributed by atoms with van der Waals surface area (Å²) in [6.45, 7) is -0.0279. The van der Waals surface area contributed by atoms with E-state index in [0.717, 1.165) is 16.5 Å². The molecule has 1 atom stereocenters. The van der Waals surface area contributed by atoms with Gasteiger partial charge in [0, 0.05) is 60.8 Å². The van der Waals surface area contributed by atoms with Gasteiger partial charge in [0.25, 0.3) is 5.91 Å². The Morgan fingerprint density at radius 2 is 1.67 bits per heavy atom. The summed E-state index contributed by atoms with van der Waals surface area (Å²) in [6, 6.07) is 11.0. The van der Waals surface area contributed by atoms with Crippen molar-refractivity contribution in [3.05, 3.63) is 107 Å². The van der Waals surface area contributed by atoms with Crippen molar-refractivity contribution < 1.29 is 35.9 Å². The van der Waals surface area contributed by atoms with E-state index in [0.29, 0.717) is 17.7 Å². The Balaban J connectivity index is 1.47. The monoisotopic (exact) mass is 586 g/mol. The average molecular weight is 587 g/mol. The molecule has 2 amide bonds. The summed E-state index contributed by atoms with van der Waals surface area (Å²) in [5, 5.41) is 0.850. The van der Waals surface area contributed by atoms with E-state index in [1.54, 1.807) is 36.8 Å². The van der Waals surface area contributed by atoms with Crippen LogP contribution in [0.2, 0.25) is 0 Å². The third kappa shape index (κ3) is 6.32. The third-order valence-corrected chi connectivity index (χ3v) is 7.12. The number of pyridine rings is 1. The maximum Gasteiger partial charge on any atom is 0.416 e. The Bertz CT molecular complexity index is 1600. The number of aromatic amines is 1. The second-order valence-corrected chi connectivity index (χ2v) is 9.91. The van der Waals surface area contributed by atoms with Crippen LogP contribution in [0.3, 0.4) is 0 Å². The fourth-order valence-electron chi connectivity index (χ4n) is 5.04. The lowest BCUT2D eigenvalue weighted by Crippen LogP contribution is -2.57. The van der Waals surface area contributed by atoms with Crippen molar-refractivity contribution >= 4 is 28.8 Å². The lowest BCUT2D eigenvalue weighted by atomic mass is 9.98. The van der Waals surface area contributed by atoms with Crippen LogP contribution in [-0.2, 0) is 23.6 Å². The normalized spacial score (nSPS) is 16.4. The van der Waals surface area contributed by atoms with E-state index in [-0.39, 0.29) is 38.0 Å². The van der Waals surface area contributed by atoms with Gasteiger partial charge in [-0.1, -0.05) is 24.3 Å². The molecule has 3 heterocycles. The Labute approximate surface area is 236 Å². The summed E-state index contributed by atoms with van der Waals surface area (Å²) < 4.78 is 81.0. The number of hydrogen-bond acceptors (Lipinski definition) is 3. The standard InChI is InChI=1S/C30H24F6N4O2/c31-29(32,33)22-12-20(13-23(15-22)30(34,35)36)28(42)40-11-10-39(27(41)8-7-19-4-3-9-37-16-19)18-24(40)14-21-17-38-26-6-2-1-5-25(21)26/h1-9,12-13,15-17,24,38H,10-11,14,18H2/b8-7+. The molecule has 0 aliphatic carbocycles. The molecule has 12 heteroatoms. The average Bonchev–Trinajstić information content (AvgIpc) is 3.37. The summed E-state index contributed by atoms with van der Waals surface area (Å²) in [4.78, 5) is 36.5. The van der Waals surface area contributed by atoms with E-state index < -0.39 is 41.0 Å². The van der Waals surface area contributed by atoms with Crippen LogP contribution < -0.4 is 0 Å². The number of para-hydroxylation sites is 1. The summed E-state index contributed by atoms with van der Waals surface area (Å²) >= 11 is 0. The molecule has 218 valence electrons. The van der Waals surface area contributed by atoms with Gasteiger partial charge in [-0.05, 0) is 54.0 Å². The van der Waals surface area contributed by atoms with Gasteiger partial charge in [0.15, 0.2) is 0 Å². The number of carbonyl (C=O) groups is 2. The zero-order chi connectivity index (χ0) is 30.1. The minimum Gasteiger partial charge on any atom is -0.361 e. The molecule has 5 rings (SSSR count). The molecule has 0 bridgehead atoms. The van der Waals surface area contributed by atoms with Crippen molar-refractivity contribution in [1.29, 1.82) is 0 Å². The quantitative estimate of drug-likeness (QED) is 0.223. The van der Waals surface area contributed by atoms with Crippen LogP contribution in [-0.4, -0.2) is 57.3 Å². The number of aromatic nitrogens is 2. The fourth-order valence-corrected chi connectivity index (χ4v) is 5.04. The zero-order valence-electron chi connectivity index (χ0n) is 21.9. The van der Waals surface area contributed by atoms with E-state index >= 15 is 0 Å². The minimum absolute atomic E-state index is 0.00853. The van der Waals surface area contributed by atoms with E-state index in [9.17, 15) is 35.9 Å². The van der Waals surface area contributed by atoms with Crippen LogP contribution in [0.5, 0.6) is 0 Å². The molecule has 1 aliphatic heterocycles. The molecule has 1 fully saturated rings. The number of halogens is 6. The molecule has 2 aromatic heterocycles. The van der Waals surface area contributed by atoms with Crippen molar-refractivity contribution in [3.63, 3.8) is 0 Å². The predicted octanol–water partition coefficient (Wildman–Crippen LogP) is 6.21.